The van der Waals surface area contributed by atoms with Crippen molar-refractivity contribution in [2.75, 3.05) is 0 Å². The molecule has 0 bridgehead atoms. The third-order valence-electron chi connectivity index (χ3n) is 2.66. The van der Waals surface area contributed by atoms with Crippen LogP contribution in [0.2, 0.25) is 0 Å². The van der Waals surface area contributed by atoms with Gasteiger partial charge in [-0.25, -0.2) is 4.98 Å². The Morgan fingerprint density at radius 2 is 2.06 bits per heavy atom. The maximum Gasteiger partial charge on any atom is 0.125 e. The second-order valence-electron chi connectivity index (χ2n) is 5.19. The fraction of sp³-hybridized carbons (Fsp3) is 0.429. The van der Waals surface area contributed by atoms with Gasteiger partial charge in [0.15, 0.2) is 0 Å². The van der Waals surface area contributed by atoms with Gasteiger partial charge in [0, 0.05) is 18.0 Å². The van der Waals surface area contributed by atoms with Crippen molar-refractivity contribution < 1.29 is 5.11 Å². The highest BCUT2D eigenvalue weighted by Crippen LogP contribution is 2.37. The molecule has 0 aromatic carbocycles. The fourth-order valence-corrected chi connectivity index (χ4v) is 2.99. The van der Waals surface area contributed by atoms with E-state index in [2.05, 4.69) is 23.8 Å². The maximum absolute atomic E-state index is 10.2. The number of thiazole rings is 1. The lowest BCUT2D eigenvalue weighted by molar-refractivity contribution is 0.0811. The van der Waals surface area contributed by atoms with E-state index in [1.165, 1.54) is 0 Å². The van der Waals surface area contributed by atoms with Crippen LogP contribution in [0, 0.1) is 0 Å². The molecule has 96 valence electrons. The monoisotopic (exact) mass is 262 g/mol. The van der Waals surface area contributed by atoms with Crippen LogP contribution in [0.15, 0.2) is 24.5 Å². The first-order chi connectivity index (χ1) is 8.39. The SMILES string of the molecule is CC(C)c1nc(-c2cccnc2)sc1C(C)(C)O. The van der Waals surface area contributed by atoms with Gasteiger partial charge < -0.3 is 5.11 Å². The fourth-order valence-electron chi connectivity index (χ4n) is 1.77. The first-order valence-electron chi connectivity index (χ1n) is 6.03. The standard InChI is InChI=1S/C14H18N2OS/c1-9(2)11-12(14(3,4)17)18-13(16-11)10-6-5-7-15-8-10/h5-9,17H,1-4H3. The zero-order valence-electron chi connectivity index (χ0n) is 11.1. The van der Waals surface area contributed by atoms with Crippen LogP contribution in [-0.2, 0) is 5.60 Å². The van der Waals surface area contributed by atoms with Gasteiger partial charge >= 0.3 is 0 Å². The van der Waals surface area contributed by atoms with Crippen molar-refractivity contribution in [3.05, 3.63) is 35.1 Å². The highest BCUT2D eigenvalue weighted by molar-refractivity contribution is 7.15. The Bertz CT molecular complexity index is 526. The number of aliphatic hydroxyl groups is 1. The van der Waals surface area contributed by atoms with Gasteiger partial charge in [-0.05, 0) is 31.9 Å². The molecule has 0 fully saturated rings. The van der Waals surface area contributed by atoms with Gasteiger partial charge in [0.25, 0.3) is 0 Å². The molecule has 0 aliphatic carbocycles. The third-order valence-corrected chi connectivity index (χ3v) is 4.10. The lowest BCUT2D eigenvalue weighted by Crippen LogP contribution is -2.16. The highest BCUT2D eigenvalue weighted by Gasteiger charge is 2.26. The zero-order chi connectivity index (χ0) is 13.3. The normalized spacial score (nSPS) is 12.1. The molecule has 3 nitrogen and oxygen atoms in total. The number of pyridine rings is 1. The van der Waals surface area contributed by atoms with Crippen LogP contribution in [0.4, 0.5) is 0 Å². The lowest BCUT2D eigenvalue weighted by Gasteiger charge is -2.17. The van der Waals surface area contributed by atoms with Crippen LogP contribution in [0.25, 0.3) is 10.6 Å². The summed E-state index contributed by atoms with van der Waals surface area (Å²) in [6, 6.07) is 3.89. The van der Waals surface area contributed by atoms with Crippen LogP contribution in [0.1, 0.15) is 44.2 Å². The Hall–Kier alpha value is -1.26. The molecule has 2 aromatic rings. The van der Waals surface area contributed by atoms with Crippen molar-refractivity contribution in [2.24, 2.45) is 0 Å². The van der Waals surface area contributed by atoms with E-state index in [-0.39, 0.29) is 0 Å². The average molecular weight is 262 g/mol. The summed E-state index contributed by atoms with van der Waals surface area (Å²) in [5.41, 5.74) is 1.13. The quantitative estimate of drug-likeness (QED) is 0.920. The highest BCUT2D eigenvalue weighted by atomic mass is 32.1. The number of hydrogen-bond acceptors (Lipinski definition) is 4. The van der Waals surface area contributed by atoms with Gasteiger partial charge in [-0.2, -0.15) is 0 Å². The Morgan fingerprint density at radius 1 is 1.33 bits per heavy atom. The largest absolute Gasteiger partial charge is 0.385 e. The van der Waals surface area contributed by atoms with Crippen molar-refractivity contribution in [3.63, 3.8) is 0 Å². The number of hydrogen-bond donors (Lipinski definition) is 1. The number of rotatable bonds is 3. The summed E-state index contributed by atoms with van der Waals surface area (Å²) in [5.74, 6) is 0.299. The maximum atomic E-state index is 10.2. The smallest absolute Gasteiger partial charge is 0.125 e. The second kappa shape index (κ2) is 4.78. The van der Waals surface area contributed by atoms with Crippen molar-refractivity contribution >= 4 is 11.3 Å². The molecule has 2 heterocycles. The second-order valence-corrected chi connectivity index (χ2v) is 6.19. The molecule has 0 atom stereocenters. The molecule has 2 aromatic heterocycles. The predicted molar refractivity (Wildman–Crippen MR) is 74.7 cm³/mol. The molecular weight excluding hydrogens is 244 g/mol. The van der Waals surface area contributed by atoms with Crippen molar-refractivity contribution in [2.45, 2.75) is 39.2 Å². The van der Waals surface area contributed by atoms with E-state index in [1.54, 1.807) is 37.6 Å². The minimum atomic E-state index is -0.849. The van der Waals surface area contributed by atoms with Gasteiger partial charge in [0.1, 0.15) is 5.01 Å². The molecule has 0 saturated heterocycles. The molecule has 0 aliphatic heterocycles. The summed E-state index contributed by atoms with van der Waals surface area (Å²) in [5, 5.41) is 11.2. The summed E-state index contributed by atoms with van der Waals surface area (Å²) in [6.45, 7) is 7.80. The Balaban J connectivity index is 2.53. The van der Waals surface area contributed by atoms with Crippen LogP contribution in [0.5, 0.6) is 0 Å². The Labute approximate surface area is 112 Å². The summed E-state index contributed by atoms with van der Waals surface area (Å²) in [7, 11) is 0. The molecule has 2 rings (SSSR count). The minimum absolute atomic E-state index is 0.299. The Kier molecular flexibility index (Phi) is 3.50. The van der Waals surface area contributed by atoms with Gasteiger partial charge in [-0.1, -0.05) is 13.8 Å². The topological polar surface area (TPSA) is 46.0 Å². The molecule has 4 heteroatoms. The average Bonchev–Trinajstić information content (AvgIpc) is 2.74. The molecule has 1 N–H and O–H groups in total. The Morgan fingerprint density at radius 3 is 2.50 bits per heavy atom. The molecule has 0 aliphatic rings. The van der Waals surface area contributed by atoms with E-state index in [0.29, 0.717) is 5.92 Å². The third kappa shape index (κ3) is 2.60. The molecule has 0 spiro atoms. The summed E-state index contributed by atoms with van der Waals surface area (Å²) < 4.78 is 0. The predicted octanol–water partition coefficient (Wildman–Crippen LogP) is 3.56. The first-order valence-corrected chi connectivity index (χ1v) is 6.85. The van der Waals surface area contributed by atoms with E-state index in [1.807, 2.05) is 12.1 Å². The van der Waals surface area contributed by atoms with E-state index < -0.39 is 5.60 Å². The van der Waals surface area contributed by atoms with E-state index in [4.69, 9.17) is 0 Å². The summed E-state index contributed by atoms with van der Waals surface area (Å²) in [4.78, 5) is 9.72. The first kappa shape index (κ1) is 13.2. The van der Waals surface area contributed by atoms with Crippen molar-refractivity contribution in [1.29, 1.82) is 0 Å². The van der Waals surface area contributed by atoms with Crippen LogP contribution < -0.4 is 0 Å². The van der Waals surface area contributed by atoms with E-state index in [9.17, 15) is 5.11 Å². The molecule has 0 unspecified atom stereocenters. The zero-order valence-corrected chi connectivity index (χ0v) is 12.0. The van der Waals surface area contributed by atoms with Crippen molar-refractivity contribution in [1.82, 2.24) is 9.97 Å². The van der Waals surface area contributed by atoms with E-state index >= 15 is 0 Å². The van der Waals surface area contributed by atoms with Gasteiger partial charge in [-0.15, -0.1) is 11.3 Å². The summed E-state index contributed by atoms with van der Waals surface area (Å²) in [6.07, 6.45) is 3.55. The molecule has 0 amide bonds. The van der Waals surface area contributed by atoms with Gasteiger partial charge in [0.2, 0.25) is 0 Å². The molecule has 0 radical (unpaired) electrons. The molecular formula is C14H18N2OS. The van der Waals surface area contributed by atoms with E-state index in [0.717, 1.165) is 21.1 Å². The number of nitrogens with zero attached hydrogens (tertiary/aromatic N) is 2. The number of aromatic nitrogens is 2. The van der Waals surface area contributed by atoms with Crippen LogP contribution >= 0.6 is 11.3 Å². The van der Waals surface area contributed by atoms with Gasteiger partial charge in [0.05, 0.1) is 16.2 Å². The van der Waals surface area contributed by atoms with Crippen LogP contribution in [0.3, 0.4) is 0 Å². The van der Waals surface area contributed by atoms with Crippen LogP contribution in [-0.4, -0.2) is 15.1 Å². The summed E-state index contributed by atoms with van der Waals surface area (Å²) >= 11 is 1.55. The molecule has 0 saturated carbocycles. The lowest BCUT2D eigenvalue weighted by atomic mass is 10.0. The molecule has 18 heavy (non-hydrogen) atoms. The van der Waals surface area contributed by atoms with Crippen molar-refractivity contribution in [3.8, 4) is 10.6 Å². The minimum Gasteiger partial charge on any atom is -0.385 e. The van der Waals surface area contributed by atoms with Gasteiger partial charge in [-0.3, -0.25) is 4.98 Å².